The summed E-state index contributed by atoms with van der Waals surface area (Å²) in [6.45, 7) is 5.22. The Balaban J connectivity index is 0.000000192. The smallest absolute Gasteiger partial charge is 0.365 e. The van der Waals surface area contributed by atoms with Gasteiger partial charge in [0, 0.05) is 56.7 Å². The van der Waals surface area contributed by atoms with E-state index in [1.807, 2.05) is 30.3 Å². The summed E-state index contributed by atoms with van der Waals surface area (Å²) in [6, 6.07) is 22.9. The van der Waals surface area contributed by atoms with Gasteiger partial charge in [-0.25, -0.2) is 6.08 Å². The maximum absolute atomic E-state index is 14.0. The quantitative estimate of drug-likeness (QED) is 0.138. The van der Waals surface area contributed by atoms with Crippen LogP contribution < -0.4 is 0 Å². The number of benzene rings is 3. The van der Waals surface area contributed by atoms with Crippen LogP contribution in [0.2, 0.25) is 0 Å². The molecule has 0 atom stereocenters. The zero-order valence-corrected chi connectivity index (χ0v) is 25.4. The molecule has 6 rings (SSSR count). The average molecular weight is 759 g/mol. The Morgan fingerprint density at radius 1 is 0.698 bits per heavy atom. The Morgan fingerprint density at radius 3 is 1.70 bits per heavy atom. The number of nitrogens with zero attached hydrogens (tertiary/aromatic N) is 5. The molecular weight excluding hydrogens is 735 g/mol. The molecule has 5 nitrogen and oxygen atoms in total. The summed E-state index contributed by atoms with van der Waals surface area (Å²) >= 11 is 0. The Hall–Kier alpha value is -4.66. The Morgan fingerprint density at radius 2 is 1.26 bits per heavy atom. The van der Waals surface area contributed by atoms with E-state index in [2.05, 4.69) is 27.1 Å². The van der Waals surface area contributed by atoms with Gasteiger partial charge in [-0.3, -0.25) is 34.1 Å². The van der Waals surface area contributed by atoms with Crippen LogP contribution in [0.25, 0.3) is 40.1 Å². The third kappa shape index (κ3) is 8.44. The van der Waals surface area contributed by atoms with Crippen molar-refractivity contribution < 1.29 is 37.7 Å². The number of aromatic nitrogens is 5. The minimum absolute atomic E-state index is 0. The van der Waals surface area contributed by atoms with Gasteiger partial charge in [0.25, 0.3) is 0 Å². The van der Waals surface area contributed by atoms with E-state index in [9.17, 15) is 17.6 Å². The van der Waals surface area contributed by atoms with Gasteiger partial charge < -0.3 is 14.1 Å². The first-order chi connectivity index (χ1) is 20.3. The Labute approximate surface area is 260 Å². The minimum atomic E-state index is -0.699. The second kappa shape index (κ2) is 15.5. The van der Waals surface area contributed by atoms with Gasteiger partial charge in [-0.1, -0.05) is 48.0 Å². The molecule has 0 fully saturated rings. The van der Waals surface area contributed by atoms with E-state index in [0.717, 1.165) is 23.8 Å². The SMILES string of the molecule is Cn1ccnc1-c1[c-]c(-c2nccn2C)c(F)cc1F.Fc1c[c-]c(-c2ccccn2)c(F)c1.[CH-]=Cc1ccccc1.[Ir+3]. The number of hydrogen-bond acceptors (Lipinski definition) is 3. The van der Waals surface area contributed by atoms with E-state index in [0.29, 0.717) is 17.3 Å². The predicted molar refractivity (Wildman–Crippen MR) is 153 cm³/mol. The van der Waals surface area contributed by atoms with E-state index in [4.69, 9.17) is 6.58 Å². The van der Waals surface area contributed by atoms with Crippen LogP contribution in [-0.4, -0.2) is 24.1 Å². The van der Waals surface area contributed by atoms with Gasteiger partial charge in [0.15, 0.2) is 0 Å². The van der Waals surface area contributed by atoms with E-state index < -0.39 is 23.3 Å². The molecule has 0 saturated carbocycles. The van der Waals surface area contributed by atoms with Crippen molar-refractivity contribution in [3.63, 3.8) is 0 Å². The van der Waals surface area contributed by atoms with Crippen LogP contribution in [-0.2, 0) is 34.2 Å². The van der Waals surface area contributed by atoms with Crippen LogP contribution >= 0.6 is 0 Å². The van der Waals surface area contributed by atoms with Gasteiger partial charge in [0.1, 0.15) is 0 Å². The fourth-order valence-electron chi connectivity index (χ4n) is 3.75. The molecule has 0 N–H and O–H groups in total. The Bertz CT molecular complexity index is 1710. The maximum Gasteiger partial charge on any atom is 3.00 e. The number of aryl methyl sites for hydroxylation is 2. The summed E-state index contributed by atoms with van der Waals surface area (Å²) in [5, 5.41) is 0. The molecule has 0 unspecified atom stereocenters. The van der Waals surface area contributed by atoms with Crippen molar-refractivity contribution in [2.75, 3.05) is 0 Å². The number of halogens is 4. The van der Waals surface area contributed by atoms with Crippen molar-refractivity contribution in [2.45, 2.75) is 0 Å². The van der Waals surface area contributed by atoms with Gasteiger partial charge in [0.05, 0.1) is 23.3 Å². The molecule has 0 spiro atoms. The van der Waals surface area contributed by atoms with E-state index in [-0.39, 0.29) is 36.8 Å². The molecule has 3 aromatic heterocycles. The molecule has 0 bridgehead atoms. The number of hydrogen-bond donors (Lipinski definition) is 0. The molecule has 43 heavy (non-hydrogen) atoms. The summed E-state index contributed by atoms with van der Waals surface area (Å²) < 4.78 is 57.0. The Kier molecular flexibility index (Phi) is 11.9. The molecule has 218 valence electrons. The fraction of sp³-hybridized carbons (Fsp3) is 0.0606. The summed E-state index contributed by atoms with van der Waals surface area (Å²) in [5.74, 6) is -1.91. The zero-order valence-electron chi connectivity index (χ0n) is 23.0. The van der Waals surface area contributed by atoms with Crippen molar-refractivity contribution in [3.8, 4) is 34.0 Å². The molecule has 0 aliphatic rings. The van der Waals surface area contributed by atoms with Crippen LogP contribution in [0, 0.1) is 42.0 Å². The summed E-state index contributed by atoms with van der Waals surface area (Å²) in [7, 11) is 3.47. The molecule has 0 radical (unpaired) electrons. The minimum Gasteiger partial charge on any atom is -0.365 e. The molecule has 0 amide bonds. The van der Waals surface area contributed by atoms with E-state index >= 15 is 0 Å². The van der Waals surface area contributed by atoms with Gasteiger partial charge >= 0.3 is 20.1 Å². The standard InChI is InChI=1S/C14H11F2N4.C11H6F2N.C8H7.Ir/c1-19-5-3-17-13(19)9-7-10(12(16)8-11(9)15)14-18-4-6-20(14)2;12-8-4-5-9(10(13)7-8)11-3-1-2-6-14-11;1-2-8-6-4-3-5-7-8;/h3-6,8H,1-2H3;1-4,6-7H;1-7H;/q3*-1;+3. The molecule has 3 aromatic carbocycles. The summed E-state index contributed by atoms with van der Waals surface area (Å²) in [5.41, 5.74) is 1.94. The third-order valence-electron chi connectivity index (χ3n) is 5.84. The topological polar surface area (TPSA) is 48.5 Å². The van der Waals surface area contributed by atoms with Crippen molar-refractivity contribution in [1.82, 2.24) is 24.1 Å². The van der Waals surface area contributed by atoms with Crippen LogP contribution in [0.3, 0.4) is 0 Å². The van der Waals surface area contributed by atoms with Gasteiger partial charge in [-0.2, -0.15) is 5.56 Å². The number of pyridine rings is 1. The second-order valence-electron chi connectivity index (χ2n) is 8.77. The zero-order chi connectivity index (χ0) is 30.1. The molecule has 3 heterocycles. The normalized spacial score (nSPS) is 10.0. The molecule has 10 heteroatoms. The van der Waals surface area contributed by atoms with Crippen LogP contribution in [0.4, 0.5) is 17.6 Å². The van der Waals surface area contributed by atoms with Crippen molar-refractivity contribution in [1.29, 1.82) is 0 Å². The molecule has 0 aliphatic carbocycles. The van der Waals surface area contributed by atoms with Crippen LogP contribution in [0.5, 0.6) is 0 Å². The van der Waals surface area contributed by atoms with E-state index in [1.165, 1.54) is 0 Å². The first kappa shape index (κ1) is 32.8. The number of rotatable bonds is 4. The van der Waals surface area contributed by atoms with Crippen LogP contribution in [0.15, 0.2) is 97.7 Å². The fourth-order valence-corrected chi connectivity index (χ4v) is 3.75. The molecule has 0 aliphatic heterocycles. The van der Waals surface area contributed by atoms with Gasteiger partial charge in [-0.05, 0) is 22.9 Å². The average Bonchev–Trinajstić information content (AvgIpc) is 3.62. The summed E-state index contributed by atoms with van der Waals surface area (Å²) in [6.07, 6.45) is 9.60. The largest absolute Gasteiger partial charge is 3.00 e. The molecule has 0 saturated heterocycles. The predicted octanol–water partition coefficient (Wildman–Crippen LogP) is 7.52. The maximum atomic E-state index is 14.0. The third-order valence-corrected chi connectivity index (χ3v) is 5.84. The van der Waals surface area contributed by atoms with E-state index in [1.54, 1.807) is 78.5 Å². The monoisotopic (exact) mass is 759 g/mol. The first-order valence-electron chi connectivity index (χ1n) is 12.5. The van der Waals surface area contributed by atoms with Gasteiger partial charge in [-0.15, -0.1) is 30.3 Å². The second-order valence-corrected chi connectivity index (χ2v) is 8.77. The molecule has 6 aromatic rings. The van der Waals surface area contributed by atoms with Crippen LogP contribution in [0.1, 0.15) is 5.56 Å². The van der Waals surface area contributed by atoms with Crippen molar-refractivity contribution >= 4 is 6.08 Å². The molecular formula is C33H24F4IrN5. The van der Waals surface area contributed by atoms with Crippen molar-refractivity contribution in [3.05, 3.63) is 145 Å². The first-order valence-corrected chi connectivity index (χ1v) is 12.5. The summed E-state index contributed by atoms with van der Waals surface area (Å²) in [4.78, 5) is 12.1. The number of imidazole rings is 2. The van der Waals surface area contributed by atoms with Crippen molar-refractivity contribution in [2.24, 2.45) is 14.1 Å². The van der Waals surface area contributed by atoms with Gasteiger partial charge in [0.2, 0.25) is 0 Å².